The molecule has 1 aliphatic rings. The van der Waals surface area contributed by atoms with Crippen molar-refractivity contribution in [2.45, 2.75) is 26.3 Å². The molecular formula is C14H16ClFN2. The molecule has 0 heterocycles. The second kappa shape index (κ2) is 4.87. The Morgan fingerprint density at radius 3 is 2.72 bits per heavy atom. The van der Waals surface area contributed by atoms with Crippen molar-refractivity contribution in [1.29, 1.82) is 5.26 Å². The molecule has 1 aromatic rings. The zero-order chi connectivity index (χ0) is 13.3. The second-order valence-corrected chi connectivity index (χ2v) is 5.66. The Morgan fingerprint density at radius 1 is 1.50 bits per heavy atom. The Morgan fingerprint density at radius 2 is 2.17 bits per heavy atom. The normalized spacial score (nSPS) is 16.7. The molecule has 0 N–H and O–H groups in total. The van der Waals surface area contributed by atoms with Gasteiger partial charge in [-0.25, -0.2) is 4.39 Å². The summed E-state index contributed by atoms with van der Waals surface area (Å²) in [6.45, 7) is 2.98. The highest BCUT2D eigenvalue weighted by Gasteiger charge is 2.43. The molecule has 0 bridgehead atoms. The van der Waals surface area contributed by atoms with Gasteiger partial charge in [0, 0.05) is 18.1 Å². The van der Waals surface area contributed by atoms with Gasteiger partial charge in [0.2, 0.25) is 0 Å². The van der Waals surface area contributed by atoms with Crippen LogP contribution in [0.2, 0.25) is 5.02 Å². The zero-order valence-electron chi connectivity index (χ0n) is 10.6. The predicted octanol–water partition coefficient (Wildman–Crippen LogP) is 3.52. The summed E-state index contributed by atoms with van der Waals surface area (Å²) >= 11 is 6.11. The van der Waals surface area contributed by atoms with E-state index in [4.69, 9.17) is 16.9 Å². The molecule has 1 aromatic carbocycles. The van der Waals surface area contributed by atoms with Gasteiger partial charge in [-0.3, -0.25) is 0 Å². The van der Waals surface area contributed by atoms with Gasteiger partial charge in [0.05, 0.1) is 11.5 Å². The van der Waals surface area contributed by atoms with Gasteiger partial charge in [-0.15, -0.1) is 0 Å². The number of benzene rings is 1. The highest BCUT2D eigenvalue weighted by atomic mass is 35.5. The van der Waals surface area contributed by atoms with Gasteiger partial charge in [0.25, 0.3) is 0 Å². The molecule has 96 valence electrons. The van der Waals surface area contributed by atoms with Crippen molar-refractivity contribution in [3.05, 3.63) is 34.1 Å². The fourth-order valence-corrected chi connectivity index (χ4v) is 2.41. The molecule has 0 spiro atoms. The third-order valence-electron chi connectivity index (χ3n) is 3.43. The number of aryl methyl sites for hydroxylation is 1. The van der Waals surface area contributed by atoms with Crippen LogP contribution in [-0.4, -0.2) is 18.5 Å². The molecule has 2 nitrogen and oxygen atoms in total. The molecule has 2 rings (SSSR count). The van der Waals surface area contributed by atoms with Crippen LogP contribution in [0.5, 0.6) is 0 Å². The van der Waals surface area contributed by atoms with Gasteiger partial charge in [-0.2, -0.15) is 5.26 Å². The van der Waals surface area contributed by atoms with Crippen molar-refractivity contribution < 1.29 is 4.39 Å². The third-order valence-corrected chi connectivity index (χ3v) is 3.78. The highest BCUT2D eigenvalue weighted by molar-refractivity contribution is 6.31. The van der Waals surface area contributed by atoms with Gasteiger partial charge in [-0.05, 0) is 50.1 Å². The van der Waals surface area contributed by atoms with Crippen LogP contribution in [0.25, 0.3) is 0 Å². The van der Waals surface area contributed by atoms with E-state index < -0.39 is 0 Å². The van der Waals surface area contributed by atoms with Gasteiger partial charge in [-0.1, -0.05) is 11.6 Å². The molecule has 0 unspecified atom stereocenters. The van der Waals surface area contributed by atoms with Crippen LogP contribution in [-0.2, 0) is 6.54 Å². The Labute approximate surface area is 112 Å². The predicted molar refractivity (Wildman–Crippen MR) is 69.8 cm³/mol. The maximum absolute atomic E-state index is 13.5. The van der Waals surface area contributed by atoms with Crippen LogP contribution in [0.4, 0.5) is 4.39 Å². The molecule has 0 atom stereocenters. The maximum Gasteiger partial charge on any atom is 0.126 e. The molecule has 0 radical (unpaired) electrons. The Hall–Kier alpha value is -1.11. The minimum absolute atomic E-state index is 0.176. The van der Waals surface area contributed by atoms with Crippen LogP contribution in [0.3, 0.4) is 0 Å². The number of halogens is 2. The van der Waals surface area contributed by atoms with E-state index in [0.29, 0.717) is 17.1 Å². The summed E-state index contributed by atoms with van der Waals surface area (Å²) < 4.78 is 13.5. The average Bonchev–Trinajstić information content (AvgIpc) is 3.06. The SMILES string of the molecule is Cc1cc(Cl)c(CN(C)CC2(C#N)CC2)cc1F. The van der Waals surface area contributed by atoms with Crippen molar-refractivity contribution in [1.82, 2.24) is 4.90 Å². The van der Waals surface area contributed by atoms with Gasteiger partial charge >= 0.3 is 0 Å². The largest absolute Gasteiger partial charge is 0.300 e. The monoisotopic (exact) mass is 266 g/mol. The van der Waals surface area contributed by atoms with Gasteiger partial charge in [0.15, 0.2) is 0 Å². The lowest BCUT2D eigenvalue weighted by Gasteiger charge is -2.20. The van der Waals surface area contributed by atoms with Crippen molar-refractivity contribution in [3.63, 3.8) is 0 Å². The highest BCUT2D eigenvalue weighted by Crippen LogP contribution is 2.45. The van der Waals surface area contributed by atoms with E-state index in [1.54, 1.807) is 13.0 Å². The summed E-state index contributed by atoms with van der Waals surface area (Å²) in [5, 5.41) is 9.63. The number of nitriles is 1. The minimum atomic E-state index is -0.232. The molecule has 1 fully saturated rings. The molecule has 0 saturated heterocycles. The number of hydrogen-bond acceptors (Lipinski definition) is 2. The van der Waals surface area contributed by atoms with Gasteiger partial charge < -0.3 is 4.90 Å². The lowest BCUT2D eigenvalue weighted by Crippen LogP contribution is -2.25. The summed E-state index contributed by atoms with van der Waals surface area (Å²) in [7, 11) is 1.94. The molecular weight excluding hydrogens is 251 g/mol. The lowest BCUT2D eigenvalue weighted by molar-refractivity contribution is 0.286. The average molecular weight is 267 g/mol. The maximum atomic E-state index is 13.5. The smallest absolute Gasteiger partial charge is 0.126 e. The molecule has 4 heteroatoms. The van der Waals surface area contributed by atoms with Crippen LogP contribution in [0.1, 0.15) is 24.0 Å². The Balaban J connectivity index is 2.05. The fraction of sp³-hybridized carbons (Fsp3) is 0.500. The van der Waals surface area contributed by atoms with Gasteiger partial charge in [0.1, 0.15) is 5.82 Å². The number of nitrogens with zero attached hydrogens (tertiary/aromatic N) is 2. The summed E-state index contributed by atoms with van der Waals surface area (Å²) in [6.07, 6.45) is 1.92. The first-order valence-electron chi connectivity index (χ1n) is 6.00. The van der Waals surface area contributed by atoms with Crippen LogP contribution in [0, 0.1) is 29.5 Å². The fourth-order valence-electron chi connectivity index (χ4n) is 2.13. The quantitative estimate of drug-likeness (QED) is 0.834. The topological polar surface area (TPSA) is 27.0 Å². The van der Waals surface area contributed by atoms with Crippen molar-refractivity contribution in [2.24, 2.45) is 5.41 Å². The first kappa shape index (κ1) is 13.3. The standard InChI is InChI=1S/C14H16ClFN2/c1-10-5-12(15)11(6-13(10)16)7-18(2)9-14(8-17)3-4-14/h5-6H,3-4,7,9H2,1-2H3. The van der Waals surface area contributed by atoms with Crippen LogP contribution >= 0.6 is 11.6 Å². The van der Waals surface area contributed by atoms with Crippen LogP contribution < -0.4 is 0 Å². The van der Waals surface area contributed by atoms with E-state index in [-0.39, 0.29) is 11.2 Å². The summed E-state index contributed by atoms with van der Waals surface area (Å²) in [4.78, 5) is 2.03. The van der Waals surface area contributed by atoms with Crippen molar-refractivity contribution in [3.8, 4) is 6.07 Å². The minimum Gasteiger partial charge on any atom is -0.300 e. The van der Waals surface area contributed by atoms with E-state index in [0.717, 1.165) is 24.9 Å². The first-order valence-corrected chi connectivity index (χ1v) is 6.38. The van der Waals surface area contributed by atoms with E-state index in [9.17, 15) is 4.39 Å². The molecule has 0 aliphatic heterocycles. The molecule has 0 amide bonds. The Bertz CT molecular complexity index is 503. The number of rotatable bonds is 4. The summed E-state index contributed by atoms with van der Waals surface area (Å²) in [6, 6.07) is 5.49. The second-order valence-electron chi connectivity index (χ2n) is 5.26. The summed E-state index contributed by atoms with van der Waals surface area (Å²) in [5.74, 6) is -0.232. The Kier molecular flexibility index (Phi) is 3.61. The van der Waals surface area contributed by atoms with E-state index in [1.807, 2.05) is 11.9 Å². The van der Waals surface area contributed by atoms with E-state index >= 15 is 0 Å². The molecule has 18 heavy (non-hydrogen) atoms. The summed E-state index contributed by atoms with van der Waals surface area (Å²) in [5.41, 5.74) is 1.16. The first-order chi connectivity index (χ1) is 8.46. The molecule has 1 aliphatic carbocycles. The van der Waals surface area contributed by atoms with Crippen molar-refractivity contribution >= 4 is 11.6 Å². The third kappa shape index (κ3) is 2.82. The molecule has 1 saturated carbocycles. The zero-order valence-corrected chi connectivity index (χ0v) is 11.4. The van der Waals surface area contributed by atoms with E-state index in [1.165, 1.54) is 6.07 Å². The molecule has 0 aromatic heterocycles. The van der Waals surface area contributed by atoms with Crippen LogP contribution in [0.15, 0.2) is 12.1 Å². The number of hydrogen-bond donors (Lipinski definition) is 0. The van der Waals surface area contributed by atoms with Crippen molar-refractivity contribution in [2.75, 3.05) is 13.6 Å². The van der Waals surface area contributed by atoms with E-state index in [2.05, 4.69) is 6.07 Å². The lowest BCUT2D eigenvalue weighted by atomic mass is 10.1.